The molecule has 0 unspecified atom stereocenters. The minimum absolute atomic E-state index is 0. The summed E-state index contributed by atoms with van der Waals surface area (Å²) in [5, 5.41) is 44.2. The first-order chi connectivity index (χ1) is 17.2. The van der Waals surface area contributed by atoms with Gasteiger partial charge in [-0.1, -0.05) is 0 Å². The van der Waals surface area contributed by atoms with E-state index in [1.165, 1.54) is 0 Å². The molecular formula is C16H38N3O19Sc+2. The summed E-state index contributed by atoms with van der Waals surface area (Å²) in [6.45, 7) is 10.3. The van der Waals surface area contributed by atoms with Crippen molar-refractivity contribution in [1.29, 1.82) is 0 Å². The molecule has 0 aromatic rings. The monoisotopic (exact) mass is 621 g/mol. The third kappa shape index (κ3) is 86.0. The zero-order valence-electron chi connectivity index (χ0n) is 21.3. The van der Waals surface area contributed by atoms with Gasteiger partial charge in [-0.3, -0.25) is 0 Å². The smallest absolute Gasteiger partial charge is 0.457 e. The van der Waals surface area contributed by atoms with Gasteiger partial charge in [-0.2, -0.15) is 0 Å². The van der Waals surface area contributed by atoms with Crippen molar-refractivity contribution in [3.63, 3.8) is 0 Å². The normalized spacial score (nSPS) is 16.6. The maximum atomic E-state index is 8.25. The van der Waals surface area contributed by atoms with Crippen molar-refractivity contribution < 1.29 is 90.0 Å². The summed E-state index contributed by atoms with van der Waals surface area (Å²) in [5.74, 6) is 0. The van der Waals surface area contributed by atoms with E-state index in [0.717, 1.165) is 0 Å². The van der Waals surface area contributed by atoms with Crippen molar-refractivity contribution in [2.75, 3.05) is 106 Å². The molecule has 6 N–H and O–H groups in total. The van der Waals surface area contributed by atoms with Crippen LogP contribution in [-0.4, -0.2) is 121 Å². The molecule has 2 heterocycles. The molecule has 0 atom stereocenters. The van der Waals surface area contributed by atoms with Gasteiger partial charge in [0.25, 0.3) is 0 Å². The molecule has 2 fully saturated rings. The topological polar surface area (TPSA) is 338 Å². The van der Waals surface area contributed by atoms with Gasteiger partial charge >= 0.3 is 25.8 Å². The molecule has 0 saturated carbocycles. The Balaban J connectivity index is -0.0000000945. The zero-order chi connectivity index (χ0) is 27.7. The maximum Gasteiger partial charge on any atom is 3.00 e. The van der Waals surface area contributed by atoms with E-state index in [4.69, 9.17) is 83.9 Å². The van der Waals surface area contributed by atoms with Crippen LogP contribution >= 0.6 is 0 Å². The summed E-state index contributed by atoms with van der Waals surface area (Å²) < 4.78 is 41.7. The standard InChI is InChI=1S/2C8H16O4.3NO3.2H2O.Sc/c2*1-2-10-5-6-12-8-7-11-4-3-9-1;3*2-1(3)4;;;/h2*1-8H2;;;;2*1H2;/q;;3*-1;;;+3/p+2. The Hall–Kier alpha value is -1.93. The van der Waals surface area contributed by atoms with Crippen LogP contribution in [-0.2, 0) is 74.7 Å². The quantitative estimate of drug-likeness (QED) is 0.154. The molecule has 0 aliphatic carbocycles. The molecule has 232 valence electrons. The Bertz CT molecular complexity index is 347. The van der Waals surface area contributed by atoms with Gasteiger partial charge in [-0.15, -0.1) is 0 Å². The molecule has 0 aromatic carbocycles. The van der Waals surface area contributed by atoms with Crippen molar-refractivity contribution in [1.82, 2.24) is 0 Å². The molecular weight excluding hydrogens is 583 g/mol. The van der Waals surface area contributed by atoms with Crippen molar-refractivity contribution >= 4 is 0 Å². The van der Waals surface area contributed by atoms with Crippen molar-refractivity contribution in [3.05, 3.63) is 46.0 Å². The Morgan fingerprint density at radius 3 is 0.410 bits per heavy atom. The minimum Gasteiger partial charge on any atom is -0.457 e. The molecule has 0 bridgehead atoms. The first kappa shape index (κ1) is 50.0. The Morgan fingerprint density at radius 1 is 0.308 bits per heavy atom. The molecule has 0 spiro atoms. The van der Waals surface area contributed by atoms with Gasteiger partial charge in [-0.05, 0) is 0 Å². The third-order valence-electron chi connectivity index (χ3n) is 2.98. The summed E-state index contributed by atoms with van der Waals surface area (Å²) >= 11 is 0. The van der Waals surface area contributed by atoms with Crippen LogP contribution in [0.3, 0.4) is 0 Å². The van der Waals surface area contributed by atoms with Crippen molar-refractivity contribution in [2.45, 2.75) is 0 Å². The molecule has 39 heavy (non-hydrogen) atoms. The molecule has 0 radical (unpaired) electrons. The van der Waals surface area contributed by atoms with E-state index in [-0.39, 0.29) is 36.8 Å². The van der Waals surface area contributed by atoms with E-state index in [1.807, 2.05) is 0 Å². The predicted octanol–water partition coefficient (Wildman–Crippen LogP) is -2.43. The second-order valence-electron chi connectivity index (χ2n) is 5.57. The third-order valence-corrected chi connectivity index (χ3v) is 2.98. The Kier molecular flexibility index (Phi) is 58.9. The average Bonchev–Trinajstić information content (AvgIpc) is 2.74. The number of hydrogen-bond donors (Lipinski definition) is 0. The predicted molar refractivity (Wildman–Crippen MR) is 127 cm³/mol. The van der Waals surface area contributed by atoms with E-state index < -0.39 is 15.3 Å². The molecule has 22 nitrogen and oxygen atoms in total. The van der Waals surface area contributed by atoms with Gasteiger partial charge in [0.2, 0.25) is 0 Å². The summed E-state index contributed by atoms with van der Waals surface area (Å²) in [4.78, 5) is 24.8. The zero-order valence-corrected chi connectivity index (χ0v) is 23.1. The molecule has 0 aromatic heterocycles. The van der Waals surface area contributed by atoms with Crippen LogP contribution in [0.15, 0.2) is 0 Å². The Labute approximate surface area is 241 Å². The van der Waals surface area contributed by atoms with Crippen LogP contribution in [0.1, 0.15) is 0 Å². The van der Waals surface area contributed by atoms with Gasteiger partial charge in [0, 0.05) is 0 Å². The van der Waals surface area contributed by atoms with Crippen molar-refractivity contribution in [3.8, 4) is 0 Å². The molecule has 23 heteroatoms. The SMILES string of the molecule is C1COCCOCCOCCO1.C1COCCOCCOCCO1.O=[N+]([O-])[O-].O=[N+]([O-])[O-].O=[N+]([O-])[O-].[OH3+].[OH3+].[Sc+3]. The minimum atomic E-state index is -1.75. The first-order valence-electron chi connectivity index (χ1n) is 10.3. The number of hydrogen-bond acceptors (Lipinski definition) is 17. The summed E-state index contributed by atoms with van der Waals surface area (Å²) in [6.07, 6.45) is 0. The van der Waals surface area contributed by atoms with Crippen LogP contribution < -0.4 is 0 Å². The van der Waals surface area contributed by atoms with Gasteiger partial charge in [0.05, 0.1) is 121 Å². The fraction of sp³-hybridized carbons (Fsp3) is 1.00. The molecule has 2 rings (SSSR count). The van der Waals surface area contributed by atoms with Gasteiger partial charge in [0.15, 0.2) is 0 Å². The van der Waals surface area contributed by atoms with Crippen LogP contribution in [0, 0.1) is 46.0 Å². The van der Waals surface area contributed by atoms with Crippen LogP contribution in [0.2, 0.25) is 0 Å². The number of ether oxygens (including phenoxy) is 8. The van der Waals surface area contributed by atoms with E-state index in [1.54, 1.807) is 0 Å². The second-order valence-corrected chi connectivity index (χ2v) is 5.57. The Morgan fingerprint density at radius 2 is 0.359 bits per heavy atom. The summed E-state index contributed by atoms with van der Waals surface area (Å²) in [6, 6.07) is 0. The summed E-state index contributed by atoms with van der Waals surface area (Å²) in [7, 11) is 0. The van der Waals surface area contributed by atoms with E-state index in [0.29, 0.717) is 106 Å². The second kappa shape index (κ2) is 46.0. The van der Waals surface area contributed by atoms with E-state index in [9.17, 15) is 0 Å². The van der Waals surface area contributed by atoms with Crippen molar-refractivity contribution in [2.24, 2.45) is 0 Å². The first-order valence-corrected chi connectivity index (χ1v) is 10.3. The molecule has 2 saturated heterocycles. The number of nitrogens with zero attached hydrogens (tertiary/aromatic N) is 3. The fourth-order valence-corrected chi connectivity index (χ4v) is 1.76. The molecule has 0 amide bonds. The van der Waals surface area contributed by atoms with E-state index >= 15 is 0 Å². The van der Waals surface area contributed by atoms with Crippen LogP contribution in [0.4, 0.5) is 0 Å². The van der Waals surface area contributed by atoms with Gasteiger partial charge in [-0.25, -0.2) is 0 Å². The van der Waals surface area contributed by atoms with Crippen LogP contribution in [0.5, 0.6) is 0 Å². The maximum absolute atomic E-state index is 8.25. The van der Waals surface area contributed by atoms with Crippen LogP contribution in [0.25, 0.3) is 0 Å². The summed E-state index contributed by atoms with van der Waals surface area (Å²) in [5.41, 5.74) is 0. The van der Waals surface area contributed by atoms with Gasteiger partial charge < -0.3 is 94.8 Å². The largest absolute Gasteiger partial charge is 3.00 e. The van der Waals surface area contributed by atoms with Gasteiger partial charge in [0.1, 0.15) is 0 Å². The fourth-order valence-electron chi connectivity index (χ4n) is 1.76. The number of rotatable bonds is 0. The molecule has 2 aliphatic rings. The average molecular weight is 621 g/mol. The van der Waals surface area contributed by atoms with E-state index in [2.05, 4.69) is 0 Å². The molecule has 2 aliphatic heterocycles.